The molecule has 1 aromatic rings. The molecule has 0 spiro atoms. The van der Waals surface area contributed by atoms with Crippen molar-refractivity contribution in [1.82, 2.24) is 9.80 Å². The lowest BCUT2D eigenvalue weighted by Gasteiger charge is -2.43. The molecule has 1 aliphatic heterocycles. The minimum Gasteiger partial charge on any atom is -0.488 e. The van der Waals surface area contributed by atoms with Crippen LogP contribution in [0.4, 0.5) is 0 Å². The topological polar surface area (TPSA) is 32.8 Å². The van der Waals surface area contributed by atoms with Gasteiger partial charge < -0.3 is 9.64 Å². The van der Waals surface area contributed by atoms with Crippen LogP contribution < -0.4 is 4.74 Å². The predicted molar refractivity (Wildman–Crippen MR) is 87.6 cm³/mol. The fraction of sp³-hybridized carbons (Fsp3) is 0.611. The maximum atomic E-state index is 11.2. The molecule has 2 unspecified atom stereocenters. The SMILES string of the molecule is CN1CCN(C2CCCCC2Oc2ccccc2C=O)CC1. The Balaban J connectivity index is 1.71. The third-order valence-electron chi connectivity index (χ3n) is 5.00. The monoisotopic (exact) mass is 302 g/mol. The summed E-state index contributed by atoms with van der Waals surface area (Å²) in [6.07, 6.45) is 5.90. The van der Waals surface area contributed by atoms with Crippen molar-refractivity contribution in [3.8, 4) is 5.75 Å². The number of aldehydes is 1. The molecule has 120 valence electrons. The molecule has 2 atom stereocenters. The number of likely N-dealkylation sites (N-methyl/N-ethyl adjacent to an activating group) is 1. The largest absolute Gasteiger partial charge is 0.488 e. The highest BCUT2D eigenvalue weighted by atomic mass is 16.5. The first-order valence-electron chi connectivity index (χ1n) is 8.41. The molecule has 1 aromatic carbocycles. The second-order valence-corrected chi connectivity index (χ2v) is 6.50. The summed E-state index contributed by atoms with van der Waals surface area (Å²) in [6.45, 7) is 4.51. The standard InChI is InChI=1S/C18H26N2O2/c1-19-10-12-20(13-11-19)16-7-3-5-9-18(16)22-17-8-4-2-6-15(17)14-21/h2,4,6,8,14,16,18H,3,5,7,9-13H2,1H3. The van der Waals surface area contributed by atoms with Gasteiger partial charge in [0.25, 0.3) is 0 Å². The van der Waals surface area contributed by atoms with Crippen molar-refractivity contribution in [3.05, 3.63) is 29.8 Å². The number of nitrogens with zero attached hydrogens (tertiary/aromatic N) is 2. The average molecular weight is 302 g/mol. The minimum atomic E-state index is 0.207. The molecule has 1 saturated carbocycles. The van der Waals surface area contributed by atoms with Gasteiger partial charge in [0.1, 0.15) is 11.9 Å². The van der Waals surface area contributed by atoms with E-state index in [4.69, 9.17) is 4.74 Å². The van der Waals surface area contributed by atoms with Crippen LogP contribution in [0.2, 0.25) is 0 Å². The number of rotatable bonds is 4. The van der Waals surface area contributed by atoms with E-state index in [2.05, 4.69) is 16.8 Å². The maximum absolute atomic E-state index is 11.2. The summed E-state index contributed by atoms with van der Waals surface area (Å²) in [5.41, 5.74) is 0.658. The van der Waals surface area contributed by atoms with Gasteiger partial charge in [0, 0.05) is 32.2 Å². The number of hydrogen-bond donors (Lipinski definition) is 0. The lowest BCUT2D eigenvalue weighted by Crippen LogP contribution is -2.54. The van der Waals surface area contributed by atoms with Crippen LogP contribution in [-0.4, -0.2) is 61.5 Å². The number of hydrogen-bond acceptors (Lipinski definition) is 4. The van der Waals surface area contributed by atoms with Gasteiger partial charge in [0.15, 0.2) is 6.29 Å². The van der Waals surface area contributed by atoms with Crippen molar-refractivity contribution in [1.29, 1.82) is 0 Å². The normalized spacial score (nSPS) is 27.5. The molecule has 0 aromatic heterocycles. The second kappa shape index (κ2) is 7.25. The van der Waals surface area contributed by atoms with Crippen molar-refractivity contribution >= 4 is 6.29 Å². The van der Waals surface area contributed by atoms with E-state index in [1.54, 1.807) is 0 Å². The number of carbonyl (C=O) groups excluding carboxylic acids is 1. The van der Waals surface area contributed by atoms with Crippen LogP contribution in [0.15, 0.2) is 24.3 Å². The third-order valence-corrected chi connectivity index (χ3v) is 5.00. The van der Waals surface area contributed by atoms with Gasteiger partial charge in [-0.25, -0.2) is 0 Å². The van der Waals surface area contributed by atoms with Crippen molar-refractivity contribution in [2.45, 2.75) is 37.8 Å². The summed E-state index contributed by atoms with van der Waals surface area (Å²) in [5, 5.41) is 0. The van der Waals surface area contributed by atoms with Gasteiger partial charge in [-0.3, -0.25) is 9.69 Å². The number of carbonyl (C=O) groups is 1. The molecule has 2 fully saturated rings. The summed E-state index contributed by atoms with van der Waals surface area (Å²) in [7, 11) is 2.19. The molecule has 1 saturated heterocycles. The van der Waals surface area contributed by atoms with E-state index < -0.39 is 0 Å². The molecular formula is C18H26N2O2. The molecule has 0 amide bonds. The molecule has 22 heavy (non-hydrogen) atoms. The van der Waals surface area contributed by atoms with Crippen molar-refractivity contribution < 1.29 is 9.53 Å². The summed E-state index contributed by atoms with van der Waals surface area (Å²) < 4.78 is 6.28. The zero-order chi connectivity index (χ0) is 15.4. The Morgan fingerprint density at radius 2 is 1.82 bits per heavy atom. The van der Waals surface area contributed by atoms with E-state index >= 15 is 0 Å². The number of para-hydroxylation sites is 1. The molecule has 0 N–H and O–H groups in total. The van der Waals surface area contributed by atoms with Gasteiger partial charge in [-0.05, 0) is 38.4 Å². The summed E-state index contributed by atoms with van der Waals surface area (Å²) in [6, 6.07) is 8.06. The molecule has 1 aliphatic carbocycles. The van der Waals surface area contributed by atoms with Crippen LogP contribution in [0.5, 0.6) is 5.75 Å². The molecule has 1 heterocycles. The quantitative estimate of drug-likeness (QED) is 0.800. The highest BCUT2D eigenvalue weighted by molar-refractivity contribution is 5.79. The van der Waals surface area contributed by atoms with E-state index in [9.17, 15) is 4.79 Å². The molecule has 4 heteroatoms. The average Bonchev–Trinajstić information content (AvgIpc) is 2.57. The Bertz CT molecular complexity index is 498. The lowest BCUT2D eigenvalue weighted by molar-refractivity contribution is 0.0128. The fourth-order valence-corrected chi connectivity index (χ4v) is 3.63. The van der Waals surface area contributed by atoms with Crippen LogP contribution >= 0.6 is 0 Å². The van der Waals surface area contributed by atoms with Gasteiger partial charge in [0.2, 0.25) is 0 Å². The number of piperazine rings is 1. The van der Waals surface area contributed by atoms with Crippen LogP contribution in [-0.2, 0) is 0 Å². The Hall–Kier alpha value is -1.39. The van der Waals surface area contributed by atoms with Crippen molar-refractivity contribution in [2.75, 3.05) is 33.2 Å². The molecular weight excluding hydrogens is 276 g/mol. The zero-order valence-corrected chi connectivity index (χ0v) is 13.4. The first-order chi connectivity index (χ1) is 10.8. The lowest BCUT2D eigenvalue weighted by atomic mass is 9.90. The summed E-state index contributed by atoms with van der Waals surface area (Å²) in [5.74, 6) is 0.739. The third kappa shape index (κ3) is 3.50. The van der Waals surface area contributed by atoms with E-state index in [0.717, 1.165) is 44.6 Å². The Morgan fingerprint density at radius 1 is 1.09 bits per heavy atom. The van der Waals surface area contributed by atoms with Crippen LogP contribution in [0, 0.1) is 0 Å². The smallest absolute Gasteiger partial charge is 0.153 e. The molecule has 0 radical (unpaired) electrons. The first-order valence-corrected chi connectivity index (χ1v) is 8.41. The molecule has 2 aliphatic rings. The first kappa shape index (κ1) is 15.5. The van der Waals surface area contributed by atoms with Crippen LogP contribution in [0.3, 0.4) is 0 Å². The minimum absolute atomic E-state index is 0.207. The highest BCUT2D eigenvalue weighted by Gasteiger charge is 2.33. The zero-order valence-electron chi connectivity index (χ0n) is 13.4. The highest BCUT2D eigenvalue weighted by Crippen LogP contribution is 2.29. The van der Waals surface area contributed by atoms with E-state index in [1.807, 2.05) is 24.3 Å². The van der Waals surface area contributed by atoms with E-state index in [1.165, 1.54) is 19.3 Å². The Morgan fingerprint density at radius 3 is 2.59 bits per heavy atom. The molecule has 4 nitrogen and oxygen atoms in total. The number of ether oxygens (including phenoxy) is 1. The maximum Gasteiger partial charge on any atom is 0.153 e. The molecule has 3 rings (SSSR count). The Kier molecular flexibility index (Phi) is 5.11. The van der Waals surface area contributed by atoms with Crippen molar-refractivity contribution in [2.24, 2.45) is 0 Å². The van der Waals surface area contributed by atoms with E-state index in [-0.39, 0.29) is 6.10 Å². The summed E-state index contributed by atoms with van der Waals surface area (Å²) in [4.78, 5) is 16.2. The van der Waals surface area contributed by atoms with Gasteiger partial charge in [-0.1, -0.05) is 18.6 Å². The number of benzene rings is 1. The van der Waals surface area contributed by atoms with Gasteiger partial charge in [-0.2, -0.15) is 0 Å². The van der Waals surface area contributed by atoms with Crippen molar-refractivity contribution in [3.63, 3.8) is 0 Å². The second-order valence-electron chi connectivity index (χ2n) is 6.50. The Labute approximate surface area is 133 Å². The van der Waals surface area contributed by atoms with Gasteiger partial charge in [0.05, 0.1) is 5.56 Å². The van der Waals surface area contributed by atoms with E-state index in [0.29, 0.717) is 11.6 Å². The van der Waals surface area contributed by atoms with Gasteiger partial charge >= 0.3 is 0 Å². The van der Waals surface area contributed by atoms with Crippen LogP contribution in [0.1, 0.15) is 36.0 Å². The van der Waals surface area contributed by atoms with Gasteiger partial charge in [-0.15, -0.1) is 0 Å². The van der Waals surface area contributed by atoms with Crippen LogP contribution in [0.25, 0.3) is 0 Å². The predicted octanol–water partition coefficient (Wildman–Crippen LogP) is 2.44. The molecule has 0 bridgehead atoms. The summed E-state index contributed by atoms with van der Waals surface area (Å²) >= 11 is 0. The fourth-order valence-electron chi connectivity index (χ4n) is 3.63.